The SMILES string of the molecule is Cc1cc(CCc2cccc(-c3cccc(C)n3)n2)nc(CCc2c(C)nc(C)c(C)c2C)c1. The third-order valence-corrected chi connectivity index (χ3v) is 6.63. The number of hydrogen-bond donors (Lipinski definition) is 0. The lowest BCUT2D eigenvalue weighted by Crippen LogP contribution is -2.06. The van der Waals surface area contributed by atoms with E-state index in [9.17, 15) is 0 Å². The first kappa shape index (κ1) is 23.7. The monoisotopic (exact) mass is 450 g/mol. The minimum absolute atomic E-state index is 0.856. The molecule has 0 saturated heterocycles. The van der Waals surface area contributed by atoms with Gasteiger partial charge in [0, 0.05) is 34.2 Å². The summed E-state index contributed by atoms with van der Waals surface area (Å²) in [4.78, 5) is 19.2. The molecule has 4 rings (SSSR count). The van der Waals surface area contributed by atoms with E-state index in [0.29, 0.717) is 0 Å². The second-order valence-corrected chi connectivity index (χ2v) is 9.32. The summed E-state index contributed by atoms with van der Waals surface area (Å²) in [6.07, 6.45) is 3.62. The Bertz CT molecular complexity index is 1320. The van der Waals surface area contributed by atoms with Crippen LogP contribution in [0.25, 0.3) is 11.4 Å². The zero-order chi connectivity index (χ0) is 24.2. The van der Waals surface area contributed by atoms with Crippen LogP contribution in [-0.2, 0) is 25.7 Å². The maximum atomic E-state index is 4.99. The van der Waals surface area contributed by atoms with Crippen LogP contribution in [0.5, 0.6) is 0 Å². The second-order valence-electron chi connectivity index (χ2n) is 9.32. The Hall–Kier alpha value is -3.40. The fourth-order valence-corrected chi connectivity index (χ4v) is 4.57. The zero-order valence-corrected chi connectivity index (χ0v) is 21.2. The summed E-state index contributed by atoms with van der Waals surface area (Å²) in [5, 5.41) is 0. The van der Waals surface area contributed by atoms with Gasteiger partial charge in [-0.05, 0) is 126 Å². The van der Waals surface area contributed by atoms with Crippen molar-refractivity contribution in [3.8, 4) is 11.4 Å². The van der Waals surface area contributed by atoms with Gasteiger partial charge >= 0.3 is 0 Å². The molecule has 4 heteroatoms. The molecule has 0 radical (unpaired) electrons. The normalized spacial score (nSPS) is 11.1. The molecule has 0 saturated carbocycles. The number of rotatable bonds is 7. The minimum atomic E-state index is 0.856. The van der Waals surface area contributed by atoms with Crippen molar-refractivity contribution in [3.63, 3.8) is 0 Å². The molecule has 0 aliphatic rings. The van der Waals surface area contributed by atoms with Crippen LogP contribution in [0, 0.1) is 41.5 Å². The molecule has 0 aliphatic heterocycles. The second kappa shape index (κ2) is 10.3. The van der Waals surface area contributed by atoms with Gasteiger partial charge in [-0.25, -0.2) is 0 Å². The molecule has 0 bridgehead atoms. The molecule has 0 aliphatic carbocycles. The molecular weight excluding hydrogens is 416 g/mol. The average molecular weight is 451 g/mol. The third kappa shape index (κ3) is 5.56. The van der Waals surface area contributed by atoms with Crippen molar-refractivity contribution in [2.45, 2.75) is 67.2 Å². The van der Waals surface area contributed by atoms with Crippen molar-refractivity contribution in [2.75, 3.05) is 0 Å². The van der Waals surface area contributed by atoms with Gasteiger partial charge in [-0.1, -0.05) is 12.1 Å². The van der Waals surface area contributed by atoms with Crippen LogP contribution < -0.4 is 0 Å². The Morgan fingerprint density at radius 3 is 1.85 bits per heavy atom. The number of pyridine rings is 4. The number of aryl methyl sites for hydroxylation is 7. The van der Waals surface area contributed by atoms with Crippen molar-refractivity contribution >= 4 is 0 Å². The molecule has 174 valence electrons. The Morgan fingerprint density at radius 1 is 0.529 bits per heavy atom. The van der Waals surface area contributed by atoms with Crippen molar-refractivity contribution in [2.24, 2.45) is 0 Å². The highest BCUT2D eigenvalue weighted by atomic mass is 14.8. The van der Waals surface area contributed by atoms with Gasteiger partial charge in [0.25, 0.3) is 0 Å². The summed E-state index contributed by atoms with van der Waals surface area (Å²) < 4.78 is 0. The lowest BCUT2D eigenvalue weighted by atomic mass is 9.96. The van der Waals surface area contributed by atoms with Crippen LogP contribution in [0.2, 0.25) is 0 Å². The minimum Gasteiger partial charge on any atom is -0.258 e. The molecule has 4 nitrogen and oxygen atoms in total. The Morgan fingerprint density at radius 2 is 1.15 bits per heavy atom. The van der Waals surface area contributed by atoms with E-state index in [1.165, 1.54) is 22.3 Å². The van der Waals surface area contributed by atoms with Crippen LogP contribution in [0.15, 0.2) is 48.5 Å². The van der Waals surface area contributed by atoms with E-state index in [4.69, 9.17) is 15.0 Å². The first-order valence-electron chi connectivity index (χ1n) is 12.1. The molecule has 0 fully saturated rings. The van der Waals surface area contributed by atoms with Gasteiger partial charge in [0.05, 0.1) is 11.4 Å². The third-order valence-electron chi connectivity index (χ3n) is 6.63. The van der Waals surface area contributed by atoms with Gasteiger partial charge in [-0.15, -0.1) is 0 Å². The zero-order valence-electron chi connectivity index (χ0n) is 21.2. The lowest BCUT2D eigenvalue weighted by Gasteiger charge is -2.14. The predicted molar refractivity (Wildman–Crippen MR) is 139 cm³/mol. The highest BCUT2D eigenvalue weighted by Gasteiger charge is 2.11. The molecule has 0 aromatic carbocycles. The fraction of sp³-hybridized carbons (Fsp3) is 0.333. The largest absolute Gasteiger partial charge is 0.258 e. The van der Waals surface area contributed by atoms with Gasteiger partial charge in [-0.2, -0.15) is 0 Å². The van der Waals surface area contributed by atoms with Crippen LogP contribution in [-0.4, -0.2) is 19.9 Å². The van der Waals surface area contributed by atoms with E-state index in [0.717, 1.165) is 71.2 Å². The van der Waals surface area contributed by atoms with E-state index < -0.39 is 0 Å². The van der Waals surface area contributed by atoms with Gasteiger partial charge in [0.2, 0.25) is 0 Å². The van der Waals surface area contributed by atoms with E-state index in [2.05, 4.69) is 63.9 Å². The van der Waals surface area contributed by atoms with E-state index in [1.807, 2.05) is 31.2 Å². The van der Waals surface area contributed by atoms with E-state index in [1.54, 1.807) is 0 Å². The van der Waals surface area contributed by atoms with Crippen LogP contribution in [0.3, 0.4) is 0 Å². The van der Waals surface area contributed by atoms with E-state index >= 15 is 0 Å². The molecular formula is C30H34N4. The maximum absolute atomic E-state index is 4.99. The Labute approximate surface area is 203 Å². The van der Waals surface area contributed by atoms with Crippen LogP contribution in [0.1, 0.15) is 56.4 Å². The molecule has 0 spiro atoms. The fourth-order valence-electron chi connectivity index (χ4n) is 4.57. The first-order valence-corrected chi connectivity index (χ1v) is 12.1. The van der Waals surface area contributed by atoms with Gasteiger partial charge in [0.15, 0.2) is 0 Å². The van der Waals surface area contributed by atoms with Gasteiger partial charge in [-0.3, -0.25) is 19.9 Å². The molecule has 4 aromatic heterocycles. The van der Waals surface area contributed by atoms with Crippen LogP contribution >= 0.6 is 0 Å². The highest BCUT2D eigenvalue weighted by molar-refractivity contribution is 5.54. The topological polar surface area (TPSA) is 51.6 Å². The Balaban J connectivity index is 1.46. The van der Waals surface area contributed by atoms with Gasteiger partial charge in [0.1, 0.15) is 0 Å². The molecule has 0 amide bonds. The number of nitrogens with zero attached hydrogens (tertiary/aromatic N) is 4. The number of aromatic nitrogens is 4. The standard InChI is InChI=1S/C30H34N4/c1-19-17-26(14-13-25-10-8-12-30(34-25)29-11-7-9-20(2)31-29)33-27(18-19)15-16-28-22(4)21(3)23(5)32-24(28)6/h7-12,17-18H,13-16H2,1-6H3. The summed E-state index contributed by atoms with van der Waals surface area (Å²) in [6, 6.07) is 16.7. The van der Waals surface area contributed by atoms with E-state index in [-0.39, 0.29) is 0 Å². The van der Waals surface area contributed by atoms with Crippen molar-refractivity contribution in [3.05, 3.63) is 105 Å². The highest BCUT2D eigenvalue weighted by Crippen LogP contribution is 2.21. The van der Waals surface area contributed by atoms with Crippen molar-refractivity contribution < 1.29 is 0 Å². The molecule has 0 N–H and O–H groups in total. The summed E-state index contributed by atoms with van der Waals surface area (Å²) in [6.45, 7) is 12.8. The first-order chi connectivity index (χ1) is 16.3. The molecule has 0 unspecified atom stereocenters. The summed E-state index contributed by atoms with van der Waals surface area (Å²) in [5.41, 5.74) is 13.8. The lowest BCUT2D eigenvalue weighted by molar-refractivity contribution is 0.829. The Kier molecular flexibility index (Phi) is 7.16. The molecule has 34 heavy (non-hydrogen) atoms. The predicted octanol–water partition coefficient (Wildman–Crippen LogP) is 6.35. The van der Waals surface area contributed by atoms with Crippen LogP contribution in [0.4, 0.5) is 0 Å². The van der Waals surface area contributed by atoms with Crippen molar-refractivity contribution in [1.29, 1.82) is 0 Å². The summed E-state index contributed by atoms with van der Waals surface area (Å²) >= 11 is 0. The molecule has 4 aromatic rings. The summed E-state index contributed by atoms with van der Waals surface area (Å²) in [5.74, 6) is 0. The smallest absolute Gasteiger partial charge is 0.0889 e. The van der Waals surface area contributed by atoms with Crippen molar-refractivity contribution in [1.82, 2.24) is 19.9 Å². The van der Waals surface area contributed by atoms with Gasteiger partial charge < -0.3 is 0 Å². The average Bonchev–Trinajstić information content (AvgIpc) is 2.81. The summed E-state index contributed by atoms with van der Waals surface area (Å²) in [7, 11) is 0. The quantitative estimate of drug-likeness (QED) is 0.329. The maximum Gasteiger partial charge on any atom is 0.0889 e. The molecule has 4 heterocycles. The molecule has 0 atom stereocenters. The number of hydrogen-bond acceptors (Lipinski definition) is 4.